The first-order valence-electron chi connectivity index (χ1n) is 6.40. The van der Waals surface area contributed by atoms with Crippen molar-refractivity contribution in [2.24, 2.45) is 5.92 Å². The van der Waals surface area contributed by atoms with Crippen molar-refractivity contribution in [1.82, 2.24) is 4.98 Å². The fourth-order valence-corrected chi connectivity index (χ4v) is 2.64. The standard InChI is InChI=1S/C15H14FNO3S/c1-9(15(19)20)6-13(18)7-12-8-21-14(17-12)10-2-4-11(16)5-3-10/h2-5,8-9H,6-7H2,1H3,(H,19,20)/t9-/m0/s1. The first kappa shape index (κ1) is 15.3. The van der Waals surface area contributed by atoms with Crippen molar-refractivity contribution < 1.29 is 19.1 Å². The van der Waals surface area contributed by atoms with E-state index < -0.39 is 11.9 Å². The Kier molecular flexibility index (Phi) is 4.80. The highest BCUT2D eigenvalue weighted by molar-refractivity contribution is 7.13. The Morgan fingerprint density at radius 2 is 2.00 bits per heavy atom. The van der Waals surface area contributed by atoms with E-state index in [0.29, 0.717) is 10.7 Å². The van der Waals surface area contributed by atoms with Crippen molar-refractivity contribution in [3.63, 3.8) is 0 Å². The van der Waals surface area contributed by atoms with Gasteiger partial charge in [0.15, 0.2) is 0 Å². The first-order chi connectivity index (χ1) is 9.95. The van der Waals surface area contributed by atoms with Crippen LogP contribution < -0.4 is 0 Å². The maximum atomic E-state index is 12.9. The number of ketones is 1. The molecule has 4 nitrogen and oxygen atoms in total. The highest BCUT2D eigenvalue weighted by atomic mass is 32.1. The van der Waals surface area contributed by atoms with Crippen LogP contribution >= 0.6 is 11.3 Å². The van der Waals surface area contributed by atoms with E-state index in [1.165, 1.54) is 30.4 Å². The summed E-state index contributed by atoms with van der Waals surface area (Å²) < 4.78 is 12.9. The number of hydrogen-bond acceptors (Lipinski definition) is 4. The van der Waals surface area contributed by atoms with Gasteiger partial charge in [-0.05, 0) is 24.3 Å². The van der Waals surface area contributed by atoms with Crippen LogP contribution in [0.25, 0.3) is 10.6 Å². The summed E-state index contributed by atoms with van der Waals surface area (Å²) in [5.74, 6) is -2.13. The van der Waals surface area contributed by atoms with Gasteiger partial charge in [-0.2, -0.15) is 0 Å². The second kappa shape index (κ2) is 6.58. The summed E-state index contributed by atoms with van der Waals surface area (Å²) in [6.45, 7) is 1.51. The van der Waals surface area contributed by atoms with Gasteiger partial charge >= 0.3 is 5.97 Å². The molecule has 1 N–H and O–H groups in total. The number of nitrogens with zero attached hydrogens (tertiary/aromatic N) is 1. The largest absolute Gasteiger partial charge is 0.481 e. The minimum absolute atomic E-state index is 0.00125. The zero-order valence-corrected chi connectivity index (χ0v) is 12.2. The number of carboxylic acid groups (broad SMARTS) is 1. The number of halogens is 1. The molecule has 0 saturated heterocycles. The molecule has 0 bridgehead atoms. The molecule has 1 aromatic carbocycles. The van der Waals surface area contributed by atoms with Crippen LogP contribution in [0.15, 0.2) is 29.6 Å². The molecule has 0 fully saturated rings. The lowest BCUT2D eigenvalue weighted by atomic mass is 10.0. The van der Waals surface area contributed by atoms with Crippen molar-refractivity contribution in [3.8, 4) is 10.6 Å². The van der Waals surface area contributed by atoms with Gasteiger partial charge in [0.2, 0.25) is 0 Å². The van der Waals surface area contributed by atoms with Gasteiger partial charge in [-0.15, -0.1) is 11.3 Å². The Morgan fingerprint density at radius 1 is 1.33 bits per heavy atom. The van der Waals surface area contributed by atoms with E-state index in [2.05, 4.69) is 4.98 Å². The van der Waals surface area contributed by atoms with Crippen LogP contribution in [0.4, 0.5) is 4.39 Å². The van der Waals surface area contributed by atoms with Crippen LogP contribution in [0.5, 0.6) is 0 Å². The fraction of sp³-hybridized carbons (Fsp3) is 0.267. The van der Waals surface area contributed by atoms with E-state index in [0.717, 1.165) is 5.56 Å². The number of carbonyl (C=O) groups excluding carboxylic acids is 1. The molecule has 110 valence electrons. The summed E-state index contributed by atoms with van der Waals surface area (Å²) >= 11 is 1.37. The Morgan fingerprint density at radius 3 is 2.62 bits per heavy atom. The predicted molar refractivity (Wildman–Crippen MR) is 77.6 cm³/mol. The number of carboxylic acids is 1. The predicted octanol–water partition coefficient (Wildman–Crippen LogP) is 3.17. The van der Waals surface area contributed by atoms with Gasteiger partial charge in [0.25, 0.3) is 0 Å². The van der Waals surface area contributed by atoms with Crippen LogP contribution in [0.2, 0.25) is 0 Å². The molecule has 0 saturated carbocycles. The molecule has 1 heterocycles. The number of aliphatic carboxylic acids is 1. The van der Waals surface area contributed by atoms with Gasteiger partial charge in [-0.25, -0.2) is 9.37 Å². The summed E-state index contributed by atoms with van der Waals surface area (Å²) in [6.07, 6.45) is 0.119. The second-order valence-corrected chi connectivity index (χ2v) is 5.67. The van der Waals surface area contributed by atoms with Gasteiger partial charge in [0.1, 0.15) is 16.6 Å². The Labute approximate surface area is 125 Å². The van der Waals surface area contributed by atoms with Crippen molar-refractivity contribution in [3.05, 3.63) is 41.2 Å². The number of rotatable bonds is 6. The summed E-state index contributed by atoms with van der Waals surface area (Å²) in [7, 11) is 0. The first-order valence-corrected chi connectivity index (χ1v) is 7.28. The lowest BCUT2D eigenvalue weighted by Gasteiger charge is -2.03. The van der Waals surface area contributed by atoms with E-state index in [-0.39, 0.29) is 24.4 Å². The molecule has 0 aliphatic carbocycles. The Bertz CT molecular complexity index is 651. The summed E-state index contributed by atoms with van der Waals surface area (Å²) in [5.41, 5.74) is 1.40. The monoisotopic (exact) mass is 307 g/mol. The van der Waals surface area contributed by atoms with Crippen LogP contribution in [0.1, 0.15) is 19.0 Å². The number of benzene rings is 1. The molecule has 0 spiro atoms. The molecule has 21 heavy (non-hydrogen) atoms. The van der Waals surface area contributed by atoms with E-state index in [9.17, 15) is 14.0 Å². The van der Waals surface area contributed by atoms with E-state index >= 15 is 0 Å². The summed E-state index contributed by atoms with van der Waals surface area (Å²) in [6, 6.07) is 5.98. The molecule has 2 aromatic rings. The molecule has 2 rings (SSSR count). The van der Waals surface area contributed by atoms with Crippen molar-refractivity contribution in [2.45, 2.75) is 19.8 Å². The average Bonchev–Trinajstić information content (AvgIpc) is 2.87. The molecule has 0 aliphatic heterocycles. The Balaban J connectivity index is 2.01. The third-order valence-electron chi connectivity index (χ3n) is 2.98. The maximum Gasteiger partial charge on any atom is 0.306 e. The summed E-state index contributed by atoms with van der Waals surface area (Å²) in [5, 5.41) is 11.3. The lowest BCUT2D eigenvalue weighted by molar-refractivity contribution is -0.143. The van der Waals surface area contributed by atoms with Crippen LogP contribution in [0.3, 0.4) is 0 Å². The normalized spacial score (nSPS) is 12.1. The van der Waals surface area contributed by atoms with Gasteiger partial charge in [0.05, 0.1) is 11.6 Å². The highest BCUT2D eigenvalue weighted by Crippen LogP contribution is 2.24. The number of Topliss-reactive ketones (excluding diaryl/α,β-unsaturated/α-hetero) is 1. The van der Waals surface area contributed by atoms with Crippen LogP contribution in [-0.4, -0.2) is 21.8 Å². The highest BCUT2D eigenvalue weighted by Gasteiger charge is 2.17. The van der Waals surface area contributed by atoms with E-state index in [4.69, 9.17) is 5.11 Å². The molecule has 1 aromatic heterocycles. The molecule has 1 atom stereocenters. The fourth-order valence-electron chi connectivity index (χ4n) is 1.82. The van der Waals surface area contributed by atoms with Crippen molar-refractivity contribution in [2.75, 3.05) is 0 Å². The Hall–Kier alpha value is -2.08. The van der Waals surface area contributed by atoms with Crippen LogP contribution in [-0.2, 0) is 16.0 Å². The van der Waals surface area contributed by atoms with E-state index in [1.54, 1.807) is 17.5 Å². The topological polar surface area (TPSA) is 67.3 Å². The third-order valence-corrected chi connectivity index (χ3v) is 3.92. The van der Waals surface area contributed by atoms with Gasteiger partial charge in [-0.3, -0.25) is 9.59 Å². The molecule has 0 amide bonds. The molecular formula is C15H14FNO3S. The van der Waals surface area contributed by atoms with Crippen molar-refractivity contribution in [1.29, 1.82) is 0 Å². The maximum absolute atomic E-state index is 12.9. The number of aromatic nitrogens is 1. The molecule has 0 radical (unpaired) electrons. The third kappa shape index (κ3) is 4.19. The average molecular weight is 307 g/mol. The molecular weight excluding hydrogens is 293 g/mol. The van der Waals surface area contributed by atoms with Crippen LogP contribution in [0, 0.1) is 11.7 Å². The van der Waals surface area contributed by atoms with Gasteiger partial charge < -0.3 is 5.11 Å². The zero-order valence-electron chi connectivity index (χ0n) is 11.4. The number of thiazole rings is 1. The quantitative estimate of drug-likeness (QED) is 0.890. The SMILES string of the molecule is C[C@@H](CC(=O)Cc1csc(-c2ccc(F)cc2)n1)C(=O)O. The van der Waals surface area contributed by atoms with E-state index in [1.807, 2.05) is 0 Å². The van der Waals surface area contributed by atoms with Gasteiger partial charge in [0, 0.05) is 23.8 Å². The summed E-state index contributed by atoms with van der Waals surface area (Å²) in [4.78, 5) is 26.8. The molecule has 0 aliphatic rings. The second-order valence-electron chi connectivity index (χ2n) is 4.81. The van der Waals surface area contributed by atoms with Crippen molar-refractivity contribution >= 4 is 23.1 Å². The van der Waals surface area contributed by atoms with Gasteiger partial charge in [-0.1, -0.05) is 6.92 Å². The minimum atomic E-state index is -0.978. The number of carbonyl (C=O) groups is 2. The lowest BCUT2D eigenvalue weighted by Crippen LogP contribution is -2.16. The molecule has 0 unspecified atom stereocenters. The number of hydrogen-bond donors (Lipinski definition) is 1. The minimum Gasteiger partial charge on any atom is -0.481 e. The zero-order chi connectivity index (χ0) is 15.4. The molecule has 6 heteroatoms. The smallest absolute Gasteiger partial charge is 0.306 e.